The van der Waals surface area contributed by atoms with Crippen LogP contribution in [0, 0.1) is 0 Å². The summed E-state index contributed by atoms with van der Waals surface area (Å²) in [7, 11) is 0. The zero-order valence-corrected chi connectivity index (χ0v) is 16.1. The average Bonchev–Trinajstić information content (AvgIpc) is 3.22. The fourth-order valence-corrected chi connectivity index (χ4v) is 4.79. The molecular weight excluding hydrogens is 386 g/mol. The number of halogens is 1. The smallest absolute Gasteiger partial charge is 0.235 e. The fraction of sp³-hybridized carbons (Fsp3) is 0.167. The lowest BCUT2D eigenvalue weighted by atomic mass is 10.1. The highest BCUT2D eigenvalue weighted by molar-refractivity contribution is 8.00. The van der Waals surface area contributed by atoms with Crippen LogP contribution in [0.1, 0.15) is 23.0 Å². The van der Waals surface area contributed by atoms with Crippen LogP contribution in [0.2, 0.25) is 5.02 Å². The maximum absolute atomic E-state index is 6.35. The standard InChI is InChI=1S/C18H16ClN5S2/c19-14-9-5-4-8-13(14)11-25-18-23-24-16(21-22-17(24)26-18)15(20)10-12-6-2-1-3-7-12/h1-9,15H,10-11,20H2/t15-/m0/s1. The van der Waals surface area contributed by atoms with Crippen molar-refractivity contribution in [3.05, 3.63) is 76.6 Å². The van der Waals surface area contributed by atoms with Crippen LogP contribution in [-0.4, -0.2) is 19.8 Å². The summed E-state index contributed by atoms with van der Waals surface area (Å²) in [5, 5.41) is 13.9. The molecule has 2 N–H and O–H groups in total. The number of nitrogens with two attached hydrogens (primary N) is 1. The largest absolute Gasteiger partial charge is 0.321 e. The van der Waals surface area contributed by atoms with Gasteiger partial charge in [0.05, 0.1) is 6.04 Å². The molecule has 0 aliphatic carbocycles. The van der Waals surface area contributed by atoms with E-state index in [4.69, 9.17) is 17.3 Å². The van der Waals surface area contributed by atoms with Gasteiger partial charge in [0.1, 0.15) is 0 Å². The summed E-state index contributed by atoms with van der Waals surface area (Å²) in [5.74, 6) is 1.44. The highest BCUT2D eigenvalue weighted by Gasteiger charge is 2.18. The van der Waals surface area contributed by atoms with E-state index in [-0.39, 0.29) is 6.04 Å². The Morgan fingerprint density at radius 3 is 2.65 bits per heavy atom. The molecule has 8 heteroatoms. The predicted molar refractivity (Wildman–Crippen MR) is 107 cm³/mol. The summed E-state index contributed by atoms with van der Waals surface area (Å²) in [6, 6.07) is 17.7. The molecule has 2 aromatic heterocycles. The van der Waals surface area contributed by atoms with E-state index < -0.39 is 0 Å². The van der Waals surface area contributed by atoms with Gasteiger partial charge in [-0.25, -0.2) is 0 Å². The van der Waals surface area contributed by atoms with Crippen LogP contribution >= 0.6 is 34.7 Å². The van der Waals surface area contributed by atoms with E-state index in [1.54, 1.807) is 16.3 Å². The molecule has 0 amide bonds. The van der Waals surface area contributed by atoms with Gasteiger partial charge in [-0.3, -0.25) is 0 Å². The van der Waals surface area contributed by atoms with E-state index in [0.29, 0.717) is 12.2 Å². The van der Waals surface area contributed by atoms with Gasteiger partial charge < -0.3 is 5.73 Å². The molecule has 0 aliphatic rings. The number of rotatable bonds is 6. The normalized spacial score (nSPS) is 12.5. The zero-order chi connectivity index (χ0) is 17.9. The van der Waals surface area contributed by atoms with Crippen molar-refractivity contribution < 1.29 is 0 Å². The van der Waals surface area contributed by atoms with Crippen molar-refractivity contribution in [1.82, 2.24) is 19.8 Å². The summed E-state index contributed by atoms with van der Waals surface area (Å²) in [4.78, 5) is 0.755. The van der Waals surface area contributed by atoms with Crippen molar-refractivity contribution in [2.24, 2.45) is 5.73 Å². The van der Waals surface area contributed by atoms with Gasteiger partial charge in [0.25, 0.3) is 0 Å². The molecule has 2 heterocycles. The minimum absolute atomic E-state index is 0.254. The third-order valence-corrected chi connectivity index (χ3v) is 6.39. The van der Waals surface area contributed by atoms with Crippen LogP contribution in [0.25, 0.3) is 4.96 Å². The Morgan fingerprint density at radius 1 is 1.08 bits per heavy atom. The summed E-state index contributed by atoms with van der Waals surface area (Å²) < 4.78 is 2.68. The Hall–Kier alpha value is -1.93. The second-order valence-corrected chi connectivity index (χ2v) is 8.38. The average molecular weight is 402 g/mol. The summed E-state index contributed by atoms with van der Waals surface area (Å²) in [6.07, 6.45) is 0.696. The quantitative estimate of drug-likeness (QED) is 0.486. The Kier molecular flexibility index (Phi) is 5.21. The Balaban J connectivity index is 1.50. The molecule has 1 atom stereocenters. The number of aromatic nitrogens is 4. The van der Waals surface area contributed by atoms with Gasteiger partial charge in [-0.15, -0.1) is 15.3 Å². The molecule has 4 aromatic rings. The monoisotopic (exact) mass is 401 g/mol. The molecule has 0 saturated carbocycles. The van der Waals surface area contributed by atoms with Gasteiger partial charge in [0, 0.05) is 10.8 Å². The maximum atomic E-state index is 6.35. The van der Waals surface area contributed by atoms with Crippen molar-refractivity contribution in [2.75, 3.05) is 0 Å². The highest BCUT2D eigenvalue weighted by atomic mass is 35.5. The van der Waals surface area contributed by atoms with Gasteiger partial charge in [0.2, 0.25) is 4.96 Å². The maximum Gasteiger partial charge on any atom is 0.235 e. The number of hydrogen-bond donors (Lipinski definition) is 1. The van der Waals surface area contributed by atoms with Gasteiger partial charge in [0.15, 0.2) is 10.2 Å². The van der Waals surface area contributed by atoms with Gasteiger partial charge in [-0.2, -0.15) is 4.52 Å². The summed E-state index contributed by atoms with van der Waals surface area (Å²) in [6.45, 7) is 0. The minimum Gasteiger partial charge on any atom is -0.321 e. The number of benzene rings is 2. The van der Waals surface area contributed by atoms with Crippen LogP contribution in [-0.2, 0) is 12.2 Å². The number of nitrogens with zero attached hydrogens (tertiary/aromatic N) is 4. The Morgan fingerprint density at radius 2 is 1.85 bits per heavy atom. The second kappa shape index (κ2) is 7.75. The molecule has 0 spiro atoms. The van der Waals surface area contributed by atoms with Crippen molar-refractivity contribution >= 4 is 39.7 Å². The first kappa shape index (κ1) is 17.5. The lowest BCUT2D eigenvalue weighted by molar-refractivity contribution is 0.635. The first-order valence-corrected chi connectivity index (χ1v) is 10.3. The SMILES string of the molecule is N[C@@H](Cc1ccccc1)c1nnc2sc(SCc3ccccc3Cl)nn12. The molecule has 0 saturated heterocycles. The Labute approximate surface area is 164 Å². The molecular formula is C18H16ClN5S2. The molecule has 0 unspecified atom stereocenters. The minimum atomic E-state index is -0.254. The fourth-order valence-electron chi connectivity index (χ4n) is 2.62. The molecule has 4 rings (SSSR count). The highest BCUT2D eigenvalue weighted by Crippen LogP contribution is 2.30. The molecule has 26 heavy (non-hydrogen) atoms. The van der Waals surface area contributed by atoms with E-state index in [2.05, 4.69) is 27.4 Å². The topological polar surface area (TPSA) is 69.1 Å². The Bertz CT molecular complexity index is 1010. The van der Waals surface area contributed by atoms with E-state index in [9.17, 15) is 0 Å². The third-order valence-electron chi connectivity index (χ3n) is 3.94. The molecule has 0 radical (unpaired) electrons. The lowest BCUT2D eigenvalue weighted by Crippen LogP contribution is -2.17. The van der Waals surface area contributed by atoms with E-state index in [1.165, 1.54) is 16.9 Å². The summed E-state index contributed by atoms with van der Waals surface area (Å²) >= 11 is 9.36. The van der Waals surface area contributed by atoms with E-state index in [1.807, 2.05) is 42.5 Å². The summed E-state index contributed by atoms with van der Waals surface area (Å²) in [5.41, 5.74) is 8.60. The van der Waals surface area contributed by atoms with Crippen molar-refractivity contribution in [1.29, 1.82) is 0 Å². The van der Waals surface area contributed by atoms with Crippen molar-refractivity contribution in [3.63, 3.8) is 0 Å². The second-order valence-electron chi connectivity index (χ2n) is 5.80. The van der Waals surface area contributed by atoms with Crippen LogP contribution in [0.4, 0.5) is 0 Å². The van der Waals surface area contributed by atoms with Gasteiger partial charge in [-0.1, -0.05) is 83.2 Å². The lowest BCUT2D eigenvalue weighted by Gasteiger charge is -2.08. The third kappa shape index (κ3) is 3.76. The molecule has 2 aromatic carbocycles. The van der Waals surface area contributed by atoms with Crippen LogP contribution in [0.3, 0.4) is 0 Å². The first-order chi connectivity index (χ1) is 12.7. The predicted octanol–water partition coefficient (Wildman–Crippen LogP) is 4.37. The van der Waals surface area contributed by atoms with E-state index >= 15 is 0 Å². The van der Waals surface area contributed by atoms with Crippen molar-refractivity contribution in [2.45, 2.75) is 22.6 Å². The van der Waals surface area contributed by atoms with Crippen LogP contribution in [0.5, 0.6) is 0 Å². The molecule has 5 nitrogen and oxygen atoms in total. The number of fused-ring (bicyclic) bond motifs is 1. The molecule has 0 aliphatic heterocycles. The molecule has 132 valence electrons. The zero-order valence-electron chi connectivity index (χ0n) is 13.7. The number of hydrogen-bond acceptors (Lipinski definition) is 6. The van der Waals surface area contributed by atoms with Crippen molar-refractivity contribution in [3.8, 4) is 0 Å². The van der Waals surface area contributed by atoms with Crippen LogP contribution < -0.4 is 5.73 Å². The molecule has 0 bridgehead atoms. The molecule has 0 fully saturated rings. The van der Waals surface area contributed by atoms with E-state index in [0.717, 1.165) is 25.6 Å². The van der Waals surface area contributed by atoms with Gasteiger partial charge >= 0.3 is 0 Å². The van der Waals surface area contributed by atoms with Gasteiger partial charge in [-0.05, 0) is 23.6 Å². The first-order valence-electron chi connectivity index (χ1n) is 8.08. The van der Waals surface area contributed by atoms with Crippen LogP contribution in [0.15, 0.2) is 58.9 Å². The number of thioether (sulfide) groups is 1.